The predicted molar refractivity (Wildman–Crippen MR) is 111 cm³/mol. The number of thiophene rings is 1. The molecule has 3 aromatic rings. The molecule has 0 N–H and O–H groups in total. The second kappa shape index (κ2) is 7.59. The number of likely N-dealkylation sites (tertiary alicyclic amines) is 1. The Bertz CT molecular complexity index is 946. The number of aromatic nitrogens is 3. The van der Waals surface area contributed by atoms with E-state index in [0.29, 0.717) is 0 Å². The van der Waals surface area contributed by atoms with Crippen LogP contribution < -0.4 is 0 Å². The standard InChI is InChI=1S/C21H23ClN4OS/c22-19-10-18-3-9-27-21(20(18)28-19)4-7-25(8-5-21)13-17-12-24-26(15-17)14-16-2-1-6-23-11-16/h1-2,6,10-12,15H,3-5,7-9,13-14H2. The minimum atomic E-state index is -0.119. The average molecular weight is 415 g/mol. The summed E-state index contributed by atoms with van der Waals surface area (Å²) in [5.74, 6) is 0. The van der Waals surface area contributed by atoms with E-state index in [1.165, 1.54) is 16.0 Å². The number of hydrogen-bond acceptors (Lipinski definition) is 5. The summed E-state index contributed by atoms with van der Waals surface area (Å²) >= 11 is 8.00. The number of pyridine rings is 1. The van der Waals surface area contributed by atoms with Crippen molar-refractivity contribution in [2.45, 2.75) is 38.0 Å². The molecule has 0 bridgehead atoms. The zero-order chi connectivity index (χ0) is 19.0. The van der Waals surface area contributed by atoms with E-state index in [2.05, 4.69) is 33.3 Å². The molecule has 0 unspecified atom stereocenters. The molecule has 7 heteroatoms. The number of nitrogens with zero attached hydrogens (tertiary/aromatic N) is 4. The molecule has 1 spiro atoms. The molecule has 3 aromatic heterocycles. The summed E-state index contributed by atoms with van der Waals surface area (Å²) in [6, 6.07) is 6.17. The van der Waals surface area contributed by atoms with Crippen LogP contribution in [0.25, 0.3) is 0 Å². The van der Waals surface area contributed by atoms with E-state index in [9.17, 15) is 0 Å². The molecule has 0 aliphatic carbocycles. The van der Waals surface area contributed by atoms with Gasteiger partial charge in [0.1, 0.15) is 5.60 Å². The Balaban J connectivity index is 1.22. The fourth-order valence-corrected chi connectivity index (χ4v) is 5.84. The first-order valence-electron chi connectivity index (χ1n) is 9.75. The van der Waals surface area contributed by atoms with E-state index in [-0.39, 0.29) is 5.60 Å². The van der Waals surface area contributed by atoms with Gasteiger partial charge in [-0.25, -0.2) is 0 Å². The van der Waals surface area contributed by atoms with Gasteiger partial charge in [-0.2, -0.15) is 5.10 Å². The highest BCUT2D eigenvalue weighted by molar-refractivity contribution is 7.16. The van der Waals surface area contributed by atoms with Crippen molar-refractivity contribution in [3.63, 3.8) is 0 Å². The molecule has 28 heavy (non-hydrogen) atoms. The van der Waals surface area contributed by atoms with Crippen LogP contribution in [-0.2, 0) is 29.8 Å². The van der Waals surface area contributed by atoms with Gasteiger partial charge in [-0.3, -0.25) is 14.6 Å². The zero-order valence-corrected chi connectivity index (χ0v) is 17.3. The van der Waals surface area contributed by atoms with E-state index in [4.69, 9.17) is 16.3 Å². The van der Waals surface area contributed by atoms with Crippen molar-refractivity contribution in [1.82, 2.24) is 19.7 Å². The van der Waals surface area contributed by atoms with Gasteiger partial charge in [0, 0.05) is 48.7 Å². The number of ether oxygens (including phenoxy) is 1. The van der Waals surface area contributed by atoms with E-state index in [0.717, 1.165) is 61.9 Å². The Hall–Kier alpha value is -1.73. The fourth-order valence-electron chi connectivity index (χ4n) is 4.34. The number of rotatable bonds is 4. The molecule has 0 radical (unpaired) electrons. The van der Waals surface area contributed by atoms with E-state index in [1.807, 2.05) is 23.1 Å². The van der Waals surface area contributed by atoms with E-state index in [1.54, 1.807) is 17.5 Å². The van der Waals surface area contributed by atoms with Crippen molar-refractivity contribution in [2.75, 3.05) is 19.7 Å². The third kappa shape index (κ3) is 3.62. The van der Waals surface area contributed by atoms with Gasteiger partial charge in [0.15, 0.2) is 0 Å². The first-order valence-corrected chi connectivity index (χ1v) is 10.9. The van der Waals surface area contributed by atoms with Crippen molar-refractivity contribution in [1.29, 1.82) is 0 Å². The second-order valence-corrected chi connectivity index (χ2v) is 9.36. The van der Waals surface area contributed by atoms with Crippen LogP contribution in [0.15, 0.2) is 43.0 Å². The lowest BCUT2D eigenvalue weighted by molar-refractivity contribution is -0.0960. The fraction of sp³-hybridized carbons (Fsp3) is 0.429. The summed E-state index contributed by atoms with van der Waals surface area (Å²) in [5, 5.41) is 4.52. The van der Waals surface area contributed by atoms with Crippen LogP contribution in [0, 0.1) is 0 Å². The Morgan fingerprint density at radius 2 is 2.07 bits per heavy atom. The van der Waals surface area contributed by atoms with Gasteiger partial charge in [-0.05, 0) is 42.5 Å². The summed E-state index contributed by atoms with van der Waals surface area (Å²) in [6.45, 7) is 4.56. The molecule has 2 aliphatic rings. The third-order valence-electron chi connectivity index (χ3n) is 5.77. The molecule has 0 aromatic carbocycles. The quantitative estimate of drug-likeness (QED) is 0.644. The Kier molecular flexibility index (Phi) is 4.97. The SMILES string of the molecule is Clc1cc2c(s1)C1(CCN(Cc3cnn(Cc4cccnc4)c3)CC1)OCC2. The molecule has 2 aliphatic heterocycles. The predicted octanol–water partition coefficient (Wildman–Crippen LogP) is 4.11. The van der Waals surface area contributed by atoms with Gasteiger partial charge in [-0.1, -0.05) is 17.7 Å². The van der Waals surface area contributed by atoms with Gasteiger partial charge in [0.25, 0.3) is 0 Å². The van der Waals surface area contributed by atoms with Crippen LogP contribution in [0.2, 0.25) is 4.34 Å². The van der Waals surface area contributed by atoms with Crippen LogP contribution in [0.1, 0.15) is 34.4 Å². The molecular weight excluding hydrogens is 392 g/mol. The highest BCUT2D eigenvalue weighted by Crippen LogP contribution is 2.46. The average Bonchev–Trinajstić information content (AvgIpc) is 3.31. The summed E-state index contributed by atoms with van der Waals surface area (Å²) in [7, 11) is 0. The van der Waals surface area contributed by atoms with Crippen molar-refractivity contribution in [2.24, 2.45) is 0 Å². The Labute approximate surface area is 173 Å². The maximum Gasteiger partial charge on any atom is 0.105 e. The highest BCUT2D eigenvalue weighted by Gasteiger charge is 2.42. The summed E-state index contributed by atoms with van der Waals surface area (Å²) in [6.07, 6.45) is 10.9. The van der Waals surface area contributed by atoms with Gasteiger partial charge in [0.05, 0.1) is 23.7 Å². The summed E-state index contributed by atoms with van der Waals surface area (Å²) in [5.41, 5.74) is 3.69. The topological polar surface area (TPSA) is 43.2 Å². The molecule has 146 valence electrons. The van der Waals surface area contributed by atoms with Crippen molar-refractivity contribution in [3.05, 3.63) is 68.9 Å². The molecular formula is C21H23ClN4OS. The molecule has 0 saturated carbocycles. The molecule has 5 rings (SSSR count). The monoisotopic (exact) mass is 414 g/mol. The van der Waals surface area contributed by atoms with Crippen LogP contribution in [-0.4, -0.2) is 39.4 Å². The molecule has 1 fully saturated rings. The lowest BCUT2D eigenvalue weighted by Crippen LogP contribution is -2.45. The highest BCUT2D eigenvalue weighted by atomic mass is 35.5. The van der Waals surface area contributed by atoms with Crippen molar-refractivity contribution < 1.29 is 4.74 Å². The number of fused-ring (bicyclic) bond motifs is 2. The smallest absolute Gasteiger partial charge is 0.105 e. The Morgan fingerprint density at radius 3 is 2.89 bits per heavy atom. The minimum absolute atomic E-state index is 0.119. The van der Waals surface area contributed by atoms with Crippen LogP contribution in [0.5, 0.6) is 0 Å². The number of halogens is 1. The van der Waals surface area contributed by atoms with Crippen molar-refractivity contribution >= 4 is 22.9 Å². The van der Waals surface area contributed by atoms with Crippen LogP contribution in [0.3, 0.4) is 0 Å². The number of piperidine rings is 1. The lowest BCUT2D eigenvalue weighted by atomic mass is 9.85. The van der Waals surface area contributed by atoms with Gasteiger partial charge < -0.3 is 4.74 Å². The minimum Gasteiger partial charge on any atom is -0.369 e. The molecule has 0 atom stereocenters. The van der Waals surface area contributed by atoms with E-state index >= 15 is 0 Å². The maximum atomic E-state index is 6.32. The summed E-state index contributed by atoms with van der Waals surface area (Å²) < 4.78 is 9.19. The van der Waals surface area contributed by atoms with Crippen LogP contribution >= 0.6 is 22.9 Å². The van der Waals surface area contributed by atoms with Gasteiger partial charge in [-0.15, -0.1) is 11.3 Å². The normalized spacial score (nSPS) is 19.0. The van der Waals surface area contributed by atoms with Crippen LogP contribution in [0.4, 0.5) is 0 Å². The van der Waals surface area contributed by atoms with Crippen molar-refractivity contribution in [3.8, 4) is 0 Å². The lowest BCUT2D eigenvalue weighted by Gasteiger charge is -2.43. The number of hydrogen-bond donors (Lipinski definition) is 0. The molecule has 5 nitrogen and oxygen atoms in total. The largest absolute Gasteiger partial charge is 0.369 e. The zero-order valence-electron chi connectivity index (χ0n) is 15.7. The second-order valence-electron chi connectivity index (χ2n) is 7.68. The first-order chi connectivity index (χ1) is 13.7. The van der Waals surface area contributed by atoms with E-state index < -0.39 is 0 Å². The third-order valence-corrected chi connectivity index (χ3v) is 7.26. The molecule has 0 amide bonds. The van der Waals surface area contributed by atoms with Gasteiger partial charge in [0.2, 0.25) is 0 Å². The first kappa shape index (κ1) is 18.3. The molecule has 1 saturated heterocycles. The summed E-state index contributed by atoms with van der Waals surface area (Å²) in [4.78, 5) is 8.04. The maximum absolute atomic E-state index is 6.32. The molecule has 5 heterocycles. The van der Waals surface area contributed by atoms with Gasteiger partial charge >= 0.3 is 0 Å². The Morgan fingerprint density at radius 1 is 1.18 bits per heavy atom.